The second kappa shape index (κ2) is 5.21. The zero-order chi connectivity index (χ0) is 17.7. The van der Waals surface area contributed by atoms with E-state index in [2.05, 4.69) is 0 Å². The number of alkyl halides is 3. The Kier molecular flexibility index (Phi) is 3.53. The van der Waals surface area contributed by atoms with Crippen molar-refractivity contribution >= 4 is 21.0 Å². The molecule has 0 fully saturated rings. The molecule has 0 bridgehead atoms. The fraction of sp³-hybridized carbons (Fsp3) is 0.0714. The Balaban J connectivity index is 2.41. The Morgan fingerprint density at radius 3 is 2.25 bits per heavy atom. The van der Waals surface area contributed by atoms with Crippen molar-refractivity contribution in [2.75, 3.05) is 0 Å². The average molecular weight is 358 g/mol. The number of nitrogens with zero attached hydrogens (tertiary/aromatic N) is 1. The normalized spacial score (nSPS) is 12.7. The second-order valence-corrected chi connectivity index (χ2v) is 6.37. The summed E-state index contributed by atoms with van der Waals surface area (Å²) < 4.78 is 72.5. The Bertz CT molecular complexity index is 1080. The van der Waals surface area contributed by atoms with Crippen molar-refractivity contribution in [1.82, 2.24) is 9.55 Å². The molecular weight excluding hydrogens is 349 g/mol. The van der Waals surface area contributed by atoms with Gasteiger partial charge in [0, 0.05) is 23.3 Å². The highest BCUT2D eigenvalue weighted by molar-refractivity contribution is 7.85. The maximum atomic E-state index is 13.3. The molecule has 0 spiro atoms. The van der Waals surface area contributed by atoms with E-state index in [-0.39, 0.29) is 16.6 Å². The third-order valence-electron chi connectivity index (χ3n) is 3.39. The van der Waals surface area contributed by atoms with E-state index < -0.39 is 32.3 Å². The molecule has 3 rings (SSSR count). The first-order valence-corrected chi connectivity index (χ1v) is 7.90. The Morgan fingerprint density at radius 1 is 1.08 bits per heavy atom. The third-order valence-corrected chi connectivity index (χ3v) is 4.25. The molecule has 126 valence electrons. The van der Waals surface area contributed by atoms with Gasteiger partial charge in [0.2, 0.25) is 0 Å². The van der Waals surface area contributed by atoms with E-state index in [0.717, 1.165) is 18.2 Å². The number of nitrogens with one attached hydrogen (secondary N) is 1. The van der Waals surface area contributed by atoms with Gasteiger partial charge in [0.15, 0.2) is 4.90 Å². The van der Waals surface area contributed by atoms with Gasteiger partial charge in [-0.15, -0.1) is 0 Å². The highest BCUT2D eigenvalue weighted by Crippen LogP contribution is 2.36. The predicted octanol–water partition coefficient (Wildman–Crippen LogP) is 2.58. The van der Waals surface area contributed by atoms with Gasteiger partial charge in [-0.3, -0.25) is 9.35 Å². The summed E-state index contributed by atoms with van der Waals surface area (Å²) in [5.41, 5.74) is -2.64. The van der Waals surface area contributed by atoms with Crippen LogP contribution in [0.3, 0.4) is 0 Å². The summed E-state index contributed by atoms with van der Waals surface area (Å²) in [5.74, 6) is 0. The van der Waals surface area contributed by atoms with Gasteiger partial charge in [-0.05, 0) is 30.3 Å². The molecule has 0 atom stereocenters. The second-order valence-electron chi connectivity index (χ2n) is 4.98. The monoisotopic (exact) mass is 358 g/mol. The quantitative estimate of drug-likeness (QED) is 0.689. The lowest BCUT2D eigenvalue weighted by Gasteiger charge is -2.15. The number of pyridine rings is 1. The molecule has 0 saturated carbocycles. The average Bonchev–Trinajstić information content (AvgIpc) is 2.97. The molecule has 0 amide bonds. The van der Waals surface area contributed by atoms with Crippen LogP contribution >= 0.6 is 0 Å². The van der Waals surface area contributed by atoms with E-state index in [9.17, 15) is 26.4 Å². The molecular formula is C14H9F3N2O4S. The van der Waals surface area contributed by atoms with Crippen molar-refractivity contribution in [2.24, 2.45) is 0 Å². The number of aromatic amines is 1. The predicted molar refractivity (Wildman–Crippen MR) is 78.7 cm³/mol. The summed E-state index contributed by atoms with van der Waals surface area (Å²) >= 11 is 0. The number of benzene rings is 1. The molecule has 0 radical (unpaired) electrons. The van der Waals surface area contributed by atoms with Crippen LogP contribution in [-0.4, -0.2) is 22.5 Å². The number of rotatable bonds is 2. The van der Waals surface area contributed by atoms with Crippen molar-refractivity contribution in [3.63, 3.8) is 0 Å². The van der Waals surface area contributed by atoms with Crippen LogP contribution in [0.25, 0.3) is 16.6 Å². The largest absolute Gasteiger partial charge is 0.418 e. The molecule has 0 aliphatic carbocycles. The first-order valence-electron chi connectivity index (χ1n) is 6.46. The third kappa shape index (κ3) is 2.81. The lowest BCUT2D eigenvalue weighted by molar-refractivity contribution is -0.137. The molecule has 6 nitrogen and oxygen atoms in total. The Hall–Kier alpha value is -2.59. The van der Waals surface area contributed by atoms with Crippen molar-refractivity contribution < 1.29 is 26.1 Å². The molecule has 24 heavy (non-hydrogen) atoms. The summed E-state index contributed by atoms with van der Waals surface area (Å²) in [6.07, 6.45) is -1.90. The molecule has 0 unspecified atom stereocenters. The highest BCUT2D eigenvalue weighted by atomic mass is 32.2. The van der Waals surface area contributed by atoms with Gasteiger partial charge in [0.1, 0.15) is 0 Å². The maximum absolute atomic E-state index is 13.3. The van der Waals surface area contributed by atoms with E-state index in [1.54, 1.807) is 0 Å². The van der Waals surface area contributed by atoms with Gasteiger partial charge in [-0.25, -0.2) is 0 Å². The van der Waals surface area contributed by atoms with E-state index in [4.69, 9.17) is 4.55 Å². The van der Waals surface area contributed by atoms with Crippen molar-refractivity contribution in [3.8, 4) is 5.69 Å². The minimum absolute atomic E-state index is 0.0268. The highest BCUT2D eigenvalue weighted by Gasteiger charge is 2.34. The fourth-order valence-electron chi connectivity index (χ4n) is 2.35. The van der Waals surface area contributed by atoms with Crippen LogP contribution in [0.1, 0.15) is 5.56 Å². The summed E-state index contributed by atoms with van der Waals surface area (Å²) in [6, 6.07) is 5.70. The first-order chi connectivity index (χ1) is 11.1. The van der Waals surface area contributed by atoms with Gasteiger partial charge in [0.05, 0.1) is 11.3 Å². The standard InChI is InChI=1S/C14H9F3N2O4S/c15-14(16,17)9-7-10-8(5-11(9)19-3-1-2-4-19)6-12(13(20)18-10)24(21,22)23/h1-7H,(H,18,20)(H,21,22,23). The molecule has 3 aromatic rings. The van der Waals surface area contributed by atoms with Gasteiger partial charge < -0.3 is 9.55 Å². The summed E-state index contributed by atoms with van der Waals surface area (Å²) in [4.78, 5) is 12.8. The van der Waals surface area contributed by atoms with Gasteiger partial charge in [0.25, 0.3) is 15.7 Å². The molecule has 0 aliphatic heterocycles. The summed E-state index contributed by atoms with van der Waals surface area (Å²) in [5, 5.41) is 0.0268. The maximum Gasteiger partial charge on any atom is 0.418 e. The molecule has 0 saturated heterocycles. The number of aromatic nitrogens is 2. The topological polar surface area (TPSA) is 92.2 Å². The van der Waals surface area contributed by atoms with Crippen LogP contribution in [0.4, 0.5) is 13.2 Å². The zero-order valence-corrected chi connectivity index (χ0v) is 12.5. The van der Waals surface area contributed by atoms with Crippen LogP contribution in [0, 0.1) is 0 Å². The number of fused-ring (bicyclic) bond motifs is 1. The number of hydrogen-bond donors (Lipinski definition) is 2. The molecule has 2 heterocycles. The van der Waals surface area contributed by atoms with E-state index in [0.29, 0.717) is 0 Å². The zero-order valence-electron chi connectivity index (χ0n) is 11.7. The van der Waals surface area contributed by atoms with E-state index in [1.165, 1.54) is 29.1 Å². The number of hydrogen-bond acceptors (Lipinski definition) is 3. The Morgan fingerprint density at radius 2 is 1.71 bits per heavy atom. The Labute approximate surface area is 132 Å². The molecule has 1 aromatic carbocycles. The SMILES string of the molecule is O=c1[nH]c2cc(C(F)(F)F)c(-n3cccc3)cc2cc1S(=O)(=O)O. The smallest absolute Gasteiger partial charge is 0.323 e. The van der Waals surface area contributed by atoms with Crippen LogP contribution in [-0.2, 0) is 16.3 Å². The fourth-order valence-corrected chi connectivity index (χ4v) is 2.91. The number of halogens is 3. The molecule has 2 N–H and O–H groups in total. The van der Waals surface area contributed by atoms with Crippen LogP contribution < -0.4 is 5.56 Å². The van der Waals surface area contributed by atoms with Gasteiger partial charge >= 0.3 is 6.18 Å². The van der Waals surface area contributed by atoms with Gasteiger partial charge in [-0.1, -0.05) is 0 Å². The minimum atomic E-state index is -4.80. The molecule has 10 heteroatoms. The van der Waals surface area contributed by atoms with Crippen LogP contribution in [0.15, 0.2) is 52.4 Å². The van der Waals surface area contributed by atoms with Crippen LogP contribution in [0.2, 0.25) is 0 Å². The summed E-state index contributed by atoms with van der Waals surface area (Å²) in [6.45, 7) is 0. The lowest BCUT2D eigenvalue weighted by atomic mass is 10.1. The van der Waals surface area contributed by atoms with E-state index >= 15 is 0 Å². The number of H-pyrrole nitrogens is 1. The van der Waals surface area contributed by atoms with Crippen molar-refractivity contribution in [1.29, 1.82) is 0 Å². The lowest BCUT2D eigenvalue weighted by Crippen LogP contribution is -2.17. The van der Waals surface area contributed by atoms with Crippen molar-refractivity contribution in [2.45, 2.75) is 11.1 Å². The van der Waals surface area contributed by atoms with Crippen LogP contribution in [0.5, 0.6) is 0 Å². The van der Waals surface area contributed by atoms with Crippen molar-refractivity contribution in [3.05, 3.63) is 58.6 Å². The summed E-state index contributed by atoms with van der Waals surface area (Å²) in [7, 11) is -4.80. The molecule has 0 aliphatic rings. The first kappa shape index (κ1) is 16.3. The molecule has 2 aromatic heterocycles. The minimum Gasteiger partial charge on any atom is -0.323 e. The van der Waals surface area contributed by atoms with Gasteiger partial charge in [-0.2, -0.15) is 21.6 Å². The van der Waals surface area contributed by atoms with E-state index in [1.807, 2.05) is 4.98 Å².